The molecule has 0 saturated carbocycles. The molecule has 0 radical (unpaired) electrons. The van der Waals surface area contributed by atoms with Crippen LogP contribution in [0.4, 0.5) is 0 Å². The summed E-state index contributed by atoms with van der Waals surface area (Å²) in [6.45, 7) is 2.54. The predicted octanol–water partition coefficient (Wildman–Crippen LogP) is 7.22. The molecule has 0 aromatic heterocycles. The van der Waals surface area contributed by atoms with Gasteiger partial charge in [0.05, 0.1) is 28.4 Å². The predicted molar refractivity (Wildman–Crippen MR) is 195 cm³/mol. The minimum atomic E-state index is -0.0311. The van der Waals surface area contributed by atoms with Crippen LogP contribution in [0.2, 0.25) is 0 Å². The van der Waals surface area contributed by atoms with Gasteiger partial charge in [-0.25, -0.2) is 0 Å². The molecule has 4 aromatic rings. The van der Waals surface area contributed by atoms with Crippen LogP contribution < -0.4 is 28.4 Å². The minimum absolute atomic E-state index is 0.0311. The van der Waals surface area contributed by atoms with Gasteiger partial charge in [0, 0.05) is 42.8 Å². The molecule has 9 nitrogen and oxygen atoms in total. The zero-order valence-corrected chi connectivity index (χ0v) is 30.6. The van der Waals surface area contributed by atoms with E-state index in [1.54, 1.807) is 28.4 Å². The molecule has 0 fully saturated rings. The number of methoxy groups -OCH3 is 4. The van der Waals surface area contributed by atoms with E-state index in [1.165, 1.54) is 22.3 Å². The first-order chi connectivity index (χ1) is 24.2. The third-order valence-corrected chi connectivity index (χ3v) is 10.6. The normalized spacial score (nSPS) is 18.7. The third kappa shape index (κ3) is 6.23. The van der Waals surface area contributed by atoms with Crippen molar-refractivity contribution in [2.75, 3.05) is 69.7 Å². The van der Waals surface area contributed by atoms with Gasteiger partial charge in [0.15, 0.2) is 34.5 Å². The summed E-state index contributed by atoms with van der Waals surface area (Å²) in [7, 11) is 15.4. The summed E-state index contributed by atoms with van der Waals surface area (Å²) in [5.41, 5.74) is 8.34. The summed E-state index contributed by atoms with van der Waals surface area (Å²) in [5.74, 6) is 5.48. The zero-order chi connectivity index (χ0) is 35.1. The van der Waals surface area contributed by atoms with Crippen LogP contribution in [0.1, 0.15) is 51.0 Å². The zero-order valence-electron chi connectivity index (χ0n) is 30.6. The lowest BCUT2D eigenvalue weighted by Crippen LogP contribution is -2.35. The van der Waals surface area contributed by atoms with Crippen LogP contribution in [0, 0.1) is 0 Å². The number of rotatable bonds is 6. The standard InChI is InChI=1S/C41H49N3O6/c1-42(2)24-31-29-16-18-44(4)33-20-26-11-14-34(45-5)36(21-26)49-28-12-9-25(10-13-28)19-32-30-23-37(35(46-6)22-27(30)15-17-43(32)3)50-40(38(29)33)41(48-8)39(31)47-7/h9-14,21-23,32-33H,15-20,24H2,1-8H3/t32-,33-/m0/s1. The molecule has 4 aliphatic rings. The summed E-state index contributed by atoms with van der Waals surface area (Å²) in [5, 5.41) is 0. The largest absolute Gasteiger partial charge is 0.493 e. The molecule has 8 rings (SSSR count). The molecule has 0 amide bonds. The fraction of sp³-hybridized carbons (Fsp3) is 0.415. The Hall–Kier alpha value is -4.44. The van der Waals surface area contributed by atoms with Gasteiger partial charge in [0.25, 0.3) is 0 Å². The maximum atomic E-state index is 7.18. The summed E-state index contributed by atoms with van der Waals surface area (Å²) in [4.78, 5) is 7.03. The first kappa shape index (κ1) is 34.0. The van der Waals surface area contributed by atoms with E-state index in [0.717, 1.165) is 54.8 Å². The summed E-state index contributed by atoms with van der Waals surface area (Å²) < 4.78 is 37.9. The second-order valence-corrected chi connectivity index (χ2v) is 13.9. The van der Waals surface area contributed by atoms with E-state index >= 15 is 0 Å². The number of benzene rings is 4. The number of hydrogen-bond acceptors (Lipinski definition) is 9. The summed E-state index contributed by atoms with van der Waals surface area (Å²) >= 11 is 0. The number of nitrogens with zero attached hydrogens (tertiary/aromatic N) is 3. The van der Waals surface area contributed by atoms with Crippen LogP contribution in [0.3, 0.4) is 0 Å². The Balaban J connectivity index is 1.50. The van der Waals surface area contributed by atoms with Gasteiger partial charge in [-0.15, -0.1) is 0 Å². The van der Waals surface area contributed by atoms with Crippen LogP contribution in [-0.4, -0.2) is 84.4 Å². The molecule has 0 saturated heterocycles. The summed E-state index contributed by atoms with van der Waals surface area (Å²) in [6, 6.07) is 19.1. The molecule has 6 bridgehead atoms. The lowest BCUT2D eigenvalue weighted by molar-refractivity contribution is 0.218. The fourth-order valence-electron chi connectivity index (χ4n) is 7.99. The maximum absolute atomic E-state index is 7.18. The van der Waals surface area contributed by atoms with Crippen LogP contribution in [-0.2, 0) is 32.2 Å². The van der Waals surface area contributed by atoms with Crippen LogP contribution >= 0.6 is 0 Å². The number of hydrogen-bond donors (Lipinski definition) is 0. The second kappa shape index (κ2) is 14.1. The number of likely N-dealkylation sites (N-methyl/N-ethyl adjacent to an activating group) is 2. The monoisotopic (exact) mass is 679 g/mol. The smallest absolute Gasteiger partial charge is 0.204 e. The Kier molecular flexibility index (Phi) is 9.57. The molecule has 9 heteroatoms. The summed E-state index contributed by atoms with van der Waals surface area (Å²) in [6.07, 6.45) is 3.34. The number of fused-ring (bicyclic) bond motifs is 2. The number of ether oxygens (including phenoxy) is 6. The van der Waals surface area contributed by atoms with E-state index in [1.807, 2.05) is 6.07 Å². The van der Waals surface area contributed by atoms with Crippen molar-refractivity contribution in [1.29, 1.82) is 0 Å². The molecular formula is C41H49N3O6. The van der Waals surface area contributed by atoms with Gasteiger partial charge < -0.3 is 33.3 Å². The maximum Gasteiger partial charge on any atom is 0.204 e. The average molecular weight is 680 g/mol. The van der Waals surface area contributed by atoms with Gasteiger partial charge in [-0.1, -0.05) is 18.2 Å². The van der Waals surface area contributed by atoms with Crippen LogP contribution in [0.15, 0.2) is 54.6 Å². The van der Waals surface area contributed by atoms with Crippen molar-refractivity contribution in [2.45, 2.75) is 44.3 Å². The molecule has 0 unspecified atom stereocenters. The van der Waals surface area contributed by atoms with E-state index in [9.17, 15) is 0 Å². The second-order valence-electron chi connectivity index (χ2n) is 13.9. The van der Waals surface area contributed by atoms with Gasteiger partial charge in [0.1, 0.15) is 5.75 Å². The van der Waals surface area contributed by atoms with Crippen molar-refractivity contribution in [3.63, 3.8) is 0 Å². The Bertz CT molecular complexity index is 1870. The lowest BCUT2D eigenvalue weighted by atomic mass is 9.84. The Morgan fingerprint density at radius 1 is 0.700 bits per heavy atom. The highest BCUT2D eigenvalue weighted by molar-refractivity contribution is 5.67. The van der Waals surface area contributed by atoms with Crippen LogP contribution in [0.5, 0.6) is 46.0 Å². The third-order valence-electron chi connectivity index (χ3n) is 10.6. The molecule has 0 N–H and O–H groups in total. The molecule has 0 spiro atoms. The Morgan fingerprint density at radius 2 is 1.36 bits per heavy atom. The minimum Gasteiger partial charge on any atom is -0.493 e. The first-order valence-corrected chi connectivity index (χ1v) is 17.4. The molecule has 2 atom stereocenters. The van der Waals surface area contributed by atoms with E-state index in [-0.39, 0.29) is 12.1 Å². The first-order valence-electron chi connectivity index (χ1n) is 17.4. The van der Waals surface area contributed by atoms with Gasteiger partial charge in [-0.3, -0.25) is 9.80 Å². The van der Waals surface area contributed by atoms with Crippen molar-refractivity contribution in [1.82, 2.24) is 14.7 Å². The molecule has 50 heavy (non-hydrogen) atoms. The highest BCUT2D eigenvalue weighted by Crippen LogP contribution is 2.54. The van der Waals surface area contributed by atoms with Gasteiger partial charge >= 0.3 is 0 Å². The van der Waals surface area contributed by atoms with E-state index < -0.39 is 0 Å². The van der Waals surface area contributed by atoms with Crippen molar-refractivity contribution >= 4 is 0 Å². The average Bonchev–Trinajstić information content (AvgIpc) is 3.11. The van der Waals surface area contributed by atoms with Crippen LogP contribution in [0.25, 0.3) is 0 Å². The molecule has 264 valence electrons. The molecule has 0 aliphatic carbocycles. The molecule has 4 heterocycles. The van der Waals surface area contributed by atoms with Crippen molar-refractivity contribution in [3.05, 3.63) is 93.5 Å². The quantitative estimate of drug-likeness (QED) is 0.210. The van der Waals surface area contributed by atoms with Crippen molar-refractivity contribution in [3.8, 4) is 46.0 Å². The van der Waals surface area contributed by atoms with Crippen molar-refractivity contribution in [2.24, 2.45) is 0 Å². The molecular weight excluding hydrogens is 630 g/mol. The highest BCUT2D eigenvalue weighted by Gasteiger charge is 2.37. The molecule has 4 aliphatic heterocycles. The Morgan fingerprint density at radius 3 is 2.06 bits per heavy atom. The van der Waals surface area contributed by atoms with Gasteiger partial charge in [-0.05, 0) is 118 Å². The van der Waals surface area contributed by atoms with E-state index in [4.69, 9.17) is 28.4 Å². The molecule has 4 aromatic carbocycles. The Labute approximate surface area is 296 Å². The van der Waals surface area contributed by atoms with Crippen molar-refractivity contribution < 1.29 is 28.4 Å². The SMILES string of the molecule is COc1ccc2cc1Oc1ccc(cc1)C[C@H]1c3cc(c(OC)cc3CCN1C)Oc1c(OC)c(OC)c(CN(C)C)c3c1[C@H](C2)N(C)CC3. The van der Waals surface area contributed by atoms with E-state index in [0.29, 0.717) is 53.2 Å². The topological polar surface area (TPSA) is 65.1 Å². The van der Waals surface area contributed by atoms with Gasteiger partial charge in [0.2, 0.25) is 5.75 Å². The fourth-order valence-corrected chi connectivity index (χ4v) is 7.99. The van der Waals surface area contributed by atoms with Gasteiger partial charge in [-0.2, -0.15) is 0 Å². The lowest BCUT2D eigenvalue weighted by Gasteiger charge is -2.39. The highest BCUT2D eigenvalue weighted by atomic mass is 16.5. The van der Waals surface area contributed by atoms with E-state index in [2.05, 4.69) is 91.4 Å².